The molecule has 4 aromatic carbocycles. The van der Waals surface area contributed by atoms with E-state index in [0.29, 0.717) is 6.04 Å². The second kappa shape index (κ2) is 8.76. The van der Waals surface area contributed by atoms with Crippen molar-refractivity contribution in [3.8, 4) is 16.9 Å². The molecule has 0 bridgehead atoms. The van der Waals surface area contributed by atoms with Crippen LogP contribution in [0.4, 0.5) is 0 Å². The minimum Gasteiger partial charge on any atom is -0.534 e. The van der Waals surface area contributed by atoms with Gasteiger partial charge in [0.05, 0.1) is 0 Å². The molecule has 0 saturated carbocycles. The lowest BCUT2D eigenvalue weighted by Gasteiger charge is -2.43. The Hall–Kier alpha value is -3.14. The van der Waals surface area contributed by atoms with Crippen LogP contribution in [0.15, 0.2) is 97.1 Å². The van der Waals surface area contributed by atoms with Gasteiger partial charge in [0, 0.05) is 12.6 Å². The Morgan fingerprint density at radius 3 is 2.06 bits per heavy atom. The van der Waals surface area contributed by atoms with E-state index in [0.717, 1.165) is 25.1 Å². The van der Waals surface area contributed by atoms with E-state index in [1.165, 1.54) is 38.2 Å². The fraction of sp³-hybridized carbons (Fsp3) is 0.273. The molecule has 36 heavy (non-hydrogen) atoms. The summed E-state index contributed by atoms with van der Waals surface area (Å²) in [5, 5.41) is 2.55. The molecular weight excluding hydrogens is 454 g/mol. The molecule has 1 heterocycles. The molecular formula is C33H35NOSi. The van der Waals surface area contributed by atoms with Gasteiger partial charge in [-0.05, 0) is 75.3 Å². The number of hydrogen-bond donors (Lipinski definition) is 0. The monoisotopic (exact) mass is 489 g/mol. The summed E-state index contributed by atoms with van der Waals surface area (Å²) < 4.78 is 7.37. The molecule has 3 heteroatoms. The van der Waals surface area contributed by atoms with Crippen LogP contribution in [0.3, 0.4) is 0 Å². The first kappa shape index (κ1) is 23.3. The van der Waals surface area contributed by atoms with Gasteiger partial charge in [0.1, 0.15) is 5.75 Å². The first-order valence-electron chi connectivity index (χ1n) is 13.1. The molecule has 2 nitrogen and oxygen atoms in total. The van der Waals surface area contributed by atoms with Gasteiger partial charge in [0.25, 0.3) is 0 Å². The molecule has 6 rings (SSSR count). The molecule has 182 valence electrons. The van der Waals surface area contributed by atoms with E-state index in [2.05, 4.69) is 130 Å². The molecule has 4 aromatic rings. The Kier molecular flexibility index (Phi) is 5.66. The van der Waals surface area contributed by atoms with Gasteiger partial charge in [-0.3, -0.25) is 4.90 Å². The summed E-state index contributed by atoms with van der Waals surface area (Å²) in [4.78, 5) is 2.53. The molecule has 1 aliphatic carbocycles. The molecule has 0 aromatic heterocycles. The highest BCUT2D eigenvalue weighted by Crippen LogP contribution is 2.46. The lowest BCUT2D eigenvalue weighted by Crippen LogP contribution is -2.68. The maximum atomic E-state index is 7.37. The van der Waals surface area contributed by atoms with Crippen LogP contribution < -0.4 is 14.8 Å². The van der Waals surface area contributed by atoms with Gasteiger partial charge in [-0.1, -0.05) is 106 Å². The number of benzene rings is 4. The van der Waals surface area contributed by atoms with Crippen molar-refractivity contribution >= 4 is 18.7 Å². The van der Waals surface area contributed by atoms with E-state index >= 15 is 0 Å². The van der Waals surface area contributed by atoms with Crippen LogP contribution in [0.25, 0.3) is 11.1 Å². The van der Waals surface area contributed by atoms with Gasteiger partial charge >= 0.3 is 8.32 Å². The van der Waals surface area contributed by atoms with Crippen LogP contribution >= 0.6 is 0 Å². The number of fused-ring (bicyclic) bond motifs is 2. The molecule has 1 aliphatic heterocycles. The summed E-state index contributed by atoms with van der Waals surface area (Å²) in [5.74, 6) is 0.975. The predicted octanol–water partition coefficient (Wildman–Crippen LogP) is 6.38. The average Bonchev–Trinajstić information content (AvgIpc) is 2.89. The largest absolute Gasteiger partial charge is 0.534 e. The molecule has 0 N–H and O–H groups in total. The van der Waals surface area contributed by atoms with Crippen molar-refractivity contribution in [2.45, 2.75) is 44.7 Å². The van der Waals surface area contributed by atoms with Crippen LogP contribution in [0, 0.1) is 0 Å². The molecule has 2 aliphatic rings. The summed E-state index contributed by atoms with van der Waals surface area (Å²) >= 11 is 0. The molecule has 0 saturated heterocycles. The number of nitrogens with zero attached hydrogens (tertiary/aromatic N) is 1. The van der Waals surface area contributed by atoms with Crippen LogP contribution in [-0.4, -0.2) is 26.8 Å². The van der Waals surface area contributed by atoms with Crippen LogP contribution in [0.5, 0.6) is 5.75 Å². The summed E-state index contributed by atoms with van der Waals surface area (Å²) in [5.41, 5.74) is 7.20. The highest BCUT2D eigenvalue weighted by Gasteiger charge is 2.52. The average molecular weight is 490 g/mol. The zero-order valence-corrected chi connectivity index (χ0v) is 22.8. The summed E-state index contributed by atoms with van der Waals surface area (Å²) in [6.07, 6.45) is 2.19. The Labute approximate surface area is 216 Å². The molecule has 1 atom stereocenters. The maximum absolute atomic E-state index is 7.37. The van der Waals surface area contributed by atoms with Crippen LogP contribution in [0.2, 0.25) is 5.04 Å². The zero-order chi connectivity index (χ0) is 24.9. The van der Waals surface area contributed by atoms with Gasteiger partial charge < -0.3 is 4.43 Å². The van der Waals surface area contributed by atoms with Crippen molar-refractivity contribution in [2.75, 3.05) is 13.6 Å². The molecule has 0 radical (unpaired) electrons. The fourth-order valence-corrected chi connectivity index (χ4v) is 10.9. The Bertz CT molecular complexity index is 1350. The minimum absolute atomic E-state index is 0.0642. The van der Waals surface area contributed by atoms with Crippen LogP contribution in [0.1, 0.15) is 43.5 Å². The lowest BCUT2D eigenvalue weighted by molar-refractivity contribution is 0.228. The van der Waals surface area contributed by atoms with Crippen molar-refractivity contribution < 1.29 is 4.43 Å². The first-order chi connectivity index (χ1) is 17.4. The first-order valence-corrected chi connectivity index (χ1v) is 15.0. The van der Waals surface area contributed by atoms with Gasteiger partial charge in [-0.2, -0.15) is 0 Å². The van der Waals surface area contributed by atoms with Crippen molar-refractivity contribution in [1.82, 2.24) is 4.90 Å². The fourth-order valence-electron chi connectivity index (χ4n) is 6.47. The molecule has 0 amide bonds. The van der Waals surface area contributed by atoms with E-state index in [1.807, 2.05) is 0 Å². The van der Waals surface area contributed by atoms with Gasteiger partial charge in [-0.25, -0.2) is 0 Å². The van der Waals surface area contributed by atoms with E-state index in [4.69, 9.17) is 4.43 Å². The molecule has 0 spiro atoms. The van der Waals surface area contributed by atoms with Crippen molar-refractivity contribution in [3.63, 3.8) is 0 Å². The summed E-state index contributed by atoms with van der Waals surface area (Å²) in [7, 11) is -0.393. The second-order valence-corrected chi connectivity index (χ2v) is 15.6. The molecule has 0 unspecified atom stereocenters. The normalized spacial score (nSPS) is 17.3. The Morgan fingerprint density at radius 2 is 1.42 bits per heavy atom. The lowest BCUT2D eigenvalue weighted by atomic mass is 9.77. The van der Waals surface area contributed by atoms with Crippen LogP contribution in [-0.2, 0) is 12.8 Å². The summed E-state index contributed by atoms with van der Waals surface area (Å²) in [6.45, 7) is 8.15. The highest BCUT2D eigenvalue weighted by atomic mass is 28.4. The SMILES string of the molecule is CN1CCc2cccc3c2[C@H]1Cc1ccc(O[Si](c2ccccc2)(c2ccccc2)C(C)(C)C)cc1-3. The van der Waals surface area contributed by atoms with E-state index in [1.54, 1.807) is 0 Å². The third-order valence-corrected chi connectivity index (χ3v) is 13.2. The number of rotatable bonds is 4. The van der Waals surface area contributed by atoms with Crippen molar-refractivity contribution in [3.05, 3.63) is 114 Å². The van der Waals surface area contributed by atoms with E-state index in [-0.39, 0.29) is 5.04 Å². The van der Waals surface area contributed by atoms with Gasteiger partial charge in [0.15, 0.2) is 0 Å². The van der Waals surface area contributed by atoms with Gasteiger partial charge in [-0.15, -0.1) is 0 Å². The third-order valence-electron chi connectivity index (χ3n) is 8.27. The molecule has 0 fully saturated rings. The Morgan fingerprint density at radius 1 is 0.750 bits per heavy atom. The predicted molar refractivity (Wildman–Crippen MR) is 153 cm³/mol. The minimum atomic E-state index is -2.67. The van der Waals surface area contributed by atoms with E-state index < -0.39 is 8.32 Å². The number of likely N-dealkylation sites (N-methyl/N-ethyl adjacent to an activating group) is 1. The standard InChI is InChI=1S/C33H35NOSi/c1-33(2,3)36(27-13-7-5-8-14-27,28-15-9-6-10-16-28)35-26-19-18-25-22-31-32-24(20-21-34(31)4)12-11-17-29(32)30(25)23-26/h5-19,23,31H,20-22H2,1-4H3/t31-/m1/s1. The third kappa shape index (κ3) is 3.65. The number of hydrogen-bond acceptors (Lipinski definition) is 2. The highest BCUT2D eigenvalue weighted by molar-refractivity contribution is 7.00. The van der Waals surface area contributed by atoms with Crippen molar-refractivity contribution in [1.29, 1.82) is 0 Å². The Balaban J connectivity index is 1.51. The topological polar surface area (TPSA) is 12.5 Å². The quantitative estimate of drug-likeness (QED) is 0.309. The van der Waals surface area contributed by atoms with Gasteiger partial charge in [0.2, 0.25) is 0 Å². The van der Waals surface area contributed by atoms with Crippen molar-refractivity contribution in [2.24, 2.45) is 0 Å². The smallest absolute Gasteiger partial charge is 0.319 e. The van der Waals surface area contributed by atoms with E-state index in [9.17, 15) is 0 Å². The zero-order valence-electron chi connectivity index (χ0n) is 21.8. The maximum Gasteiger partial charge on any atom is 0.319 e. The second-order valence-electron chi connectivity index (χ2n) is 11.4. The summed E-state index contributed by atoms with van der Waals surface area (Å²) in [6, 6.07) is 36.0.